The first kappa shape index (κ1) is 19.5. The van der Waals surface area contributed by atoms with Crippen molar-refractivity contribution < 1.29 is 19.1 Å². The Kier molecular flexibility index (Phi) is 5.96. The highest BCUT2D eigenvalue weighted by Gasteiger charge is 2.19. The van der Waals surface area contributed by atoms with Gasteiger partial charge < -0.3 is 14.8 Å². The molecule has 0 fully saturated rings. The van der Waals surface area contributed by atoms with E-state index in [0.29, 0.717) is 33.3 Å². The lowest BCUT2D eigenvalue weighted by Gasteiger charge is -2.13. The Morgan fingerprint density at radius 1 is 0.857 bits per heavy atom. The number of ether oxygens (including phenoxy) is 2. The number of methoxy groups -OCH3 is 2. The Morgan fingerprint density at radius 3 is 2.18 bits per heavy atom. The third-order valence-corrected chi connectivity index (χ3v) is 4.43. The van der Waals surface area contributed by atoms with Crippen LogP contribution in [0.3, 0.4) is 0 Å². The van der Waals surface area contributed by atoms with Crippen molar-refractivity contribution in [2.24, 2.45) is 0 Å². The van der Waals surface area contributed by atoms with E-state index in [4.69, 9.17) is 21.1 Å². The van der Waals surface area contributed by atoms with Crippen molar-refractivity contribution in [2.45, 2.75) is 0 Å². The summed E-state index contributed by atoms with van der Waals surface area (Å²) in [7, 11) is 3.05. The van der Waals surface area contributed by atoms with Gasteiger partial charge in [-0.05, 0) is 42.5 Å². The summed E-state index contributed by atoms with van der Waals surface area (Å²) < 4.78 is 10.5. The van der Waals surface area contributed by atoms with Crippen LogP contribution in [0.25, 0.3) is 0 Å². The Balaban J connectivity index is 1.91. The van der Waals surface area contributed by atoms with E-state index < -0.39 is 5.91 Å². The van der Waals surface area contributed by atoms with Gasteiger partial charge in [-0.2, -0.15) is 0 Å². The van der Waals surface area contributed by atoms with Gasteiger partial charge in [0.25, 0.3) is 5.91 Å². The minimum atomic E-state index is -0.415. The van der Waals surface area contributed by atoms with Gasteiger partial charge in [0.1, 0.15) is 11.5 Å². The van der Waals surface area contributed by atoms with Crippen LogP contribution in [0.4, 0.5) is 5.69 Å². The summed E-state index contributed by atoms with van der Waals surface area (Å²) in [6.07, 6.45) is 0. The van der Waals surface area contributed by atoms with Crippen LogP contribution in [0.5, 0.6) is 11.5 Å². The van der Waals surface area contributed by atoms with Gasteiger partial charge in [-0.25, -0.2) is 0 Å². The Labute approximate surface area is 167 Å². The molecule has 3 aromatic carbocycles. The summed E-state index contributed by atoms with van der Waals surface area (Å²) in [6.45, 7) is 0. The van der Waals surface area contributed by atoms with Crippen LogP contribution in [0, 0.1) is 0 Å². The second kappa shape index (κ2) is 8.59. The molecule has 0 bridgehead atoms. The van der Waals surface area contributed by atoms with Crippen LogP contribution in [0.1, 0.15) is 26.3 Å². The van der Waals surface area contributed by atoms with Crippen LogP contribution in [-0.4, -0.2) is 25.9 Å². The quantitative estimate of drug-likeness (QED) is 0.606. The zero-order valence-corrected chi connectivity index (χ0v) is 16.1. The smallest absolute Gasteiger partial charge is 0.256 e. The van der Waals surface area contributed by atoms with Gasteiger partial charge in [0.05, 0.1) is 25.5 Å². The molecule has 1 amide bonds. The Hall–Kier alpha value is -3.31. The van der Waals surface area contributed by atoms with Crippen molar-refractivity contribution >= 4 is 29.0 Å². The first-order valence-electron chi connectivity index (χ1n) is 8.46. The molecule has 0 atom stereocenters. The number of nitrogens with one attached hydrogen (secondary N) is 1. The molecule has 0 saturated heterocycles. The number of anilines is 1. The molecule has 1 N–H and O–H groups in total. The van der Waals surface area contributed by atoms with E-state index in [0.717, 1.165) is 0 Å². The van der Waals surface area contributed by atoms with Crippen molar-refractivity contribution in [3.05, 3.63) is 88.4 Å². The maximum absolute atomic E-state index is 12.9. The van der Waals surface area contributed by atoms with Gasteiger partial charge >= 0.3 is 0 Å². The average Bonchev–Trinajstić information content (AvgIpc) is 2.74. The predicted octanol–water partition coefficient (Wildman–Crippen LogP) is 4.84. The molecule has 3 aromatic rings. The molecule has 0 radical (unpaired) electrons. The number of carbonyl (C=O) groups is 2. The minimum Gasteiger partial charge on any atom is -0.497 e. The number of carbonyl (C=O) groups excluding carboxylic acids is 2. The minimum absolute atomic E-state index is 0.260. The molecule has 0 heterocycles. The molecule has 5 nitrogen and oxygen atoms in total. The predicted molar refractivity (Wildman–Crippen MR) is 109 cm³/mol. The van der Waals surface area contributed by atoms with E-state index in [1.54, 1.807) is 73.8 Å². The number of hydrogen-bond acceptors (Lipinski definition) is 4. The molecular formula is C22H18ClNO4. The number of rotatable bonds is 6. The topological polar surface area (TPSA) is 64.6 Å². The van der Waals surface area contributed by atoms with Crippen LogP contribution in [-0.2, 0) is 0 Å². The third-order valence-electron chi connectivity index (χ3n) is 4.18. The Bertz CT molecular complexity index is 1020. The zero-order valence-electron chi connectivity index (χ0n) is 15.4. The van der Waals surface area contributed by atoms with Crippen molar-refractivity contribution in [1.29, 1.82) is 0 Å². The van der Waals surface area contributed by atoms with Gasteiger partial charge in [-0.15, -0.1) is 0 Å². The SMILES string of the molecule is COc1ccc(NC(=O)c2ccccc2C(=O)c2ccc(Cl)cc2)c(OC)c1. The molecule has 0 aliphatic heterocycles. The van der Waals surface area contributed by atoms with E-state index in [1.165, 1.54) is 7.11 Å². The van der Waals surface area contributed by atoms with Gasteiger partial charge in [-0.1, -0.05) is 29.8 Å². The van der Waals surface area contributed by atoms with Crippen molar-refractivity contribution in [1.82, 2.24) is 0 Å². The normalized spacial score (nSPS) is 10.2. The van der Waals surface area contributed by atoms with Crippen LogP contribution in [0.2, 0.25) is 5.02 Å². The molecule has 0 spiro atoms. The van der Waals surface area contributed by atoms with Gasteiger partial charge in [0.2, 0.25) is 0 Å². The highest BCUT2D eigenvalue weighted by atomic mass is 35.5. The second-order valence-corrected chi connectivity index (χ2v) is 6.34. The summed E-state index contributed by atoms with van der Waals surface area (Å²) in [4.78, 5) is 25.8. The lowest BCUT2D eigenvalue weighted by atomic mass is 9.98. The highest BCUT2D eigenvalue weighted by Crippen LogP contribution is 2.29. The first-order chi connectivity index (χ1) is 13.5. The lowest BCUT2D eigenvalue weighted by Crippen LogP contribution is -2.17. The highest BCUT2D eigenvalue weighted by molar-refractivity contribution is 6.30. The average molecular weight is 396 g/mol. The standard InChI is InChI=1S/C22H18ClNO4/c1-27-16-11-12-19(20(13-16)28-2)24-22(26)18-6-4-3-5-17(18)21(25)14-7-9-15(23)10-8-14/h3-13H,1-2H3,(H,24,26). The summed E-state index contributed by atoms with van der Waals surface area (Å²) in [5, 5.41) is 3.33. The van der Waals surface area contributed by atoms with E-state index in [-0.39, 0.29) is 11.3 Å². The van der Waals surface area contributed by atoms with Gasteiger partial charge in [-0.3, -0.25) is 9.59 Å². The number of amides is 1. The fourth-order valence-electron chi connectivity index (χ4n) is 2.73. The zero-order chi connectivity index (χ0) is 20.1. The van der Waals surface area contributed by atoms with Crippen LogP contribution < -0.4 is 14.8 Å². The van der Waals surface area contributed by atoms with E-state index >= 15 is 0 Å². The van der Waals surface area contributed by atoms with E-state index in [1.807, 2.05) is 0 Å². The number of halogens is 1. The van der Waals surface area contributed by atoms with Crippen LogP contribution in [0.15, 0.2) is 66.7 Å². The molecule has 0 saturated carbocycles. The fraction of sp³-hybridized carbons (Fsp3) is 0.0909. The molecule has 0 aliphatic carbocycles. The molecule has 142 valence electrons. The van der Waals surface area contributed by atoms with Crippen molar-refractivity contribution in [2.75, 3.05) is 19.5 Å². The second-order valence-electron chi connectivity index (χ2n) is 5.90. The first-order valence-corrected chi connectivity index (χ1v) is 8.84. The van der Waals surface area contributed by atoms with E-state index in [2.05, 4.69) is 5.32 Å². The number of hydrogen-bond donors (Lipinski definition) is 1. The van der Waals surface area contributed by atoms with Crippen molar-refractivity contribution in [3.8, 4) is 11.5 Å². The molecule has 28 heavy (non-hydrogen) atoms. The molecule has 6 heteroatoms. The summed E-state index contributed by atoms with van der Waals surface area (Å²) in [6, 6.07) is 18.2. The molecule has 0 unspecified atom stereocenters. The third kappa shape index (κ3) is 4.15. The Morgan fingerprint density at radius 2 is 1.54 bits per heavy atom. The van der Waals surface area contributed by atoms with Gasteiger partial charge in [0, 0.05) is 22.2 Å². The van der Waals surface area contributed by atoms with E-state index in [9.17, 15) is 9.59 Å². The molecular weight excluding hydrogens is 378 g/mol. The van der Waals surface area contributed by atoms with Gasteiger partial charge in [0.15, 0.2) is 5.78 Å². The molecule has 0 aromatic heterocycles. The fourth-order valence-corrected chi connectivity index (χ4v) is 2.85. The lowest BCUT2D eigenvalue weighted by molar-refractivity contribution is 0.0996. The van der Waals surface area contributed by atoms with Crippen LogP contribution >= 0.6 is 11.6 Å². The summed E-state index contributed by atoms with van der Waals surface area (Å²) in [5.41, 5.74) is 1.49. The number of ketones is 1. The largest absolute Gasteiger partial charge is 0.497 e. The van der Waals surface area contributed by atoms with Crippen molar-refractivity contribution in [3.63, 3.8) is 0 Å². The maximum atomic E-state index is 12.9. The number of benzene rings is 3. The monoisotopic (exact) mass is 395 g/mol. The summed E-state index contributed by atoms with van der Waals surface area (Å²) >= 11 is 5.89. The maximum Gasteiger partial charge on any atom is 0.256 e. The molecule has 3 rings (SSSR count). The molecule has 0 aliphatic rings. The summed E-state index contributed by atoms with van der Waals surface area (Å²) in [5.74, 6) is 0.382.